The highest BCUT2D eigenvalue weighted by Crippen LogP contribution is 2.35. The van der Waals surface area contributed by atoms with Crippen molar-refractivity contribution in [3.63, 3.8) is 0 Å². The highest BCUT2D eigenvalue weighted by Gasteiger charge is 2.34. The smallest absolute Gasteiger partial charge is 0.265 e. The van der Waals surface area contributed by atoms with E-state index >= 15 is 0 Å². The number of nitrogens with zero attached hydrogens (tertiary/aromatic N) is 2. The number of amides is 2. The Bertz CT molecular complexity index is 991. The van der Waals surface area contributed by atoms with Gasteiger partial charge in [-0.2, -0.15) is 0 Å². The summed E-state index contributed by atoms with van der Waals surface area (Å²) in [5, 5.41) is 2.89. The largest absolute Gasteiger partial charge is 0.477 e. The molecule has 3 aliphatic heterocycles. The van der Waals surface area contributed by atoms with Crippen molar-refractivity contribution in [1.82, 2.24) is 4.90 Å². The van der Waals surface area contributed by atoms with Gasteiger partial charge in [-0.15, -0.1) is 0 Å². The molecule has 2 aromatic carbocycles. The van der Waals surface area contributed by atoms with Gasteiger partial charge < -0.3 is 34.1 Å². The fourth-order valence-electron chi connectivity index (χ4n) is 3.92. The Morgan fingerprint density at radius 1 is 1.00 bits per heavy atom. The van der Waals surface area contributed by atoms with Crippen LogP contribution in [0.15, 0.2) is 42.5 Å². The number of benzene rings is 2. The third-order valence-corrected chi connectivity index (χ3v) is 5.45. The normalized spacial score (nSPS) is 19.4. The number of nitrogens with one attached hydrogen (secondary N) is 1. The first kappa shape index (κ1) is 19.5. The highest BCUT2D eigenvalue weighted by atomic mass is 16.7. The SMILES string of the molecule is O=C(CN1CC(C(=O)N2CCOCC2)Oc2ccccc21)Nc1ccc2c(c1)OCO2. The van der Waals surface area contributed by atoms with Crippen LogP contribution in [-0.2, 0) is 14.3 Å². The average molecular weight is 425 g/mol. The zero-order valence-electron chi connectivity index (χ0n) is 16.9. The summed E-state index contributed by atoms with van der Waals surface area (Å²) in [6, 6.07) is 12.7. The van der Waals surface area contributed by atoms with Gasteiger partial charge in [0.05, 0.1) is 32.0 Å². The summed E-state index contributed by atoms with van der Waals surface area (Å²) in [5.74, 6) is 1.57. The van der Waals surface area contributed by atoms with Crippen molar-refractivity contribution in [3.05, 3.63) is 42.5 Å². The number of para-hydroxylation sites is 2. The van der Waals surface area contributed by atoms with Crippen LogP contribution in [0.4, 0.5) is 11.4 Å². The van der Waals surface area contributed by atoms with E-state index in [0.717, 1.165) is 5.69 Å². The molecule has 1 N–H and O–H groups in total. The van der Waals surface area contributed by atoms with Crippen LogP contribution >= 0.6 is 0 Å². The molecule has 0 spiro atoms. The molecule has 5 rings (SSSR count). The van der Waals surface area contributed by atoms with Crippen LogP contribution < -0.4 is 24.4 Å². The first-order chi connectivity index (χ1) is 15.2. The van der Waals surface area contributed by atoms with Gasteiger partial charge in [0.25, 0.3) is 5.91 Å². The highest BCUT2D eigenvalue weighted by molar-refractivity contribution is 5.95. The Morgan fingerprint density at radius 2 is 1.81 bits per heavy atom. The second kappa shape index (κ2) is 8.35. The summed E-state index contributed by atoms with van der Waals surface area (Å²) >= 11 is 0. The maximum Gasteiger partial charge on any atom is 0.265 e. The molecule has 1 fully saturated rings. The molecule has 0 saturated carbocycles. The lowest BCUT2D eigenvalue weighted by molar-refractivity contribution is -0.142. The number of carbonyl (C=O) groups is 2. The van der Waals surface area contributed by atoms with Gasteiger partial charge in [0.1, 0.15) is 5.75 Å². The van der Waals surface area contributed by atoms with E-state index < -0.39 is 6.10 Å². The molecule has 31 heavy (non-hydrogen) atoms. The predicted octanol–water partition coefficient (Wildman–Crippen LogP) is 1.48. The Kier molecular flexibility index (Phi) is 5.25. The van der Waals surface area contributed by atoms with Gasteiger partial charge >= 0.3 is 0 Å². The van der Waals surface area contributed by atoms with Crippen LogP contribution in [0, 0.1) is 0 Å². The lowest BCUT2D eigenvalue weighted by Crippen LogP contribution is -2.53. The van der Waals surface area contributed by atoms with E-state index in [0.29, 0.717) is 55.8 Å². The summed E-state index contributed by atoms with van der Waals surface area (Å²) in [6.07, 6.45) is -0.675. The Labute approximate surface area is 179 Å². The number of fused-ring (bicyclic) bond motifs is 2. The van der Waals surface area contributed by atoms with Crippen LogP contribution in [-0.4, -0.2) is 69.0 Å². The lowest BCUT2D eigenvalue weighted by atomic mass is 10.1. The molecule has 162 valence electrons. The van der Waals surface area contributed by atoms with E-state index in [1.54, 1.807) is 23.1 Å². The van der Waals surface area contributed by atoms with E-state index in [1.807, 2.05) is 29.2 Å². The third kappa shape index (κ3) is 4.09. The molecule has 0 aliphatic carbocycles. The van der Waals surface area contributed by atoms with E-state index in [2.05, 4.69) is 5.32 Å². The summed E-state index contributed by atoms with van der Waals surface area (Å²) in [6.45, 7) is 2.70. The molecule has 0 bridgehead atoms. The van der Waals surface area contributed by atoms with Gasteiger partial charge in [0.15, 0.2) is 17.6 Å². The predicted molar refractivity (Wildman–Crippen MR) is 112 cm³/mol. The maximum absolute atomic E-state index is 13.0. The van der Waals surface area contributed by atoms with Crippen molar-refractivity contribution in [2.24, 2.45) is 0 Å². The number of morpholine rings is 1. The van der Waals surface area contributed by atoms with Crippen molar-refractivity contribution in [1.29, 1.82) is 0 Å². The lowest BCUT2D eigenvalue weighted by Gasteiger charge is -2.38. The number of hydrogen-bond acceptors (Lipinski definition) is 7. The first-order valence-electron chi connectivity index (χ1n) is 10.2. The number of carbonyl (C=O) groups excluding carboxylic acids is 2. The van der Waals surface area contributed by atoms with Crippen molar-refractivity contribution >= 4 is 23.2 Å². The second-order valence-corrected chi connectivity index (χ2v) is 7.51. The zero-order valence-corrected chi connectivity index (χ0v) is 16.9. The van der Waals surface area contributed by atoms with Crippen molar-refractivity contribution in [3.8, 4) is 17.2 Å². The number of rotatable bonds is 4. The zero-order chi connectivity index (χ0) is 21.2. The first-order valence-corrected chi connectivity index (χ1v) is 10.2. The minimum Gasteiger partial charge on any atom is -0.477 e. The summed E-state index contributed by atoms with van der Waals surface area (Å²) in [4.78, 5) is 29.4. The molecule has 0 radical (unpaired) electrons. The molecule has 2 aromatic rings. The Hall–Kier alpha value is -3.46. The van der Waals surface area contributed by atoms with E-state index in [-0.39, 0.29) is 25.2 Å². The van der Waals surface area contributed by atoms with Gasteiger partial charge in [-0.1, -0.05) is 12.1 Å². The van der Waals surface area contributed by atoms with Gasteiger partial charge in [0.2, 0.25) is 12.7 Å². The average Bonchev–Trinajstić information content (AvgIpc) is 3.27. The van der Waals surface area contributed by atoms with Crippen LogP contribution in [0.2, 0.25) is 0 Å². The van der Waals surface area contributed by atoms with Gasteiger partial charge in [-0.25, -0.2) is 0 Å². The quantitative estimate of drug-likeness (QED) is 0.794. The van der Waals surface area contributed by atoms with Gasteiger partial charge in [0, 0.05) is 24.8 Å². The fourth-order valence-corrected chi connectivity index (χ4v) is 3.92. The minimum absolute atomic E-state index is 0.0843. The molecule has 3 heterocycles. The molecule has 3 aliphatic rings. The molecule has 9 heteroatoms. The van der Waals surface area contributed by atoms with Crippen molar-refractivity contribution in [2.75, 3.05) is 56.4 Å². The molecule has 1 unspecified atom stereocenters. The fraction of sp³-hybridized carbons (Fsp3) is 0.364. The van der Waals surface area contributed by atoms with E-state index in [4.69, 9.17) is 18.9 Å². The minimum atomic E-state index is -0.675. The summed E-state index contributed by atoms with van der Waals surface area (Å²) in [5.41, 5.74) is 1.41. The van der Waals surface area contributed by atoms with Crippen LogP contribution in [0.3, 0.4) is 0 Å². The molecular weight excluding hydrogens is 402 g/mol. The third-order valence-electron chi connectivity index (χ3n) is 5.45. The van der Waals surface area contributed by atoms with Gasteiger partial charge in [-0.3, -0.25) is 9.59 Å². The molecule has 9 nitrogen and oxygen atoms in total. The second-order valence-electron chi connectivity index (χ2n) is 7.51. The number of hydrogen-bond donors (Lipinski definition) is 1. The summed E-state index contributed by atoms with van der Waals surface area (Å²) in [7, 11) is 0. The van der Waals surface area contributed by atoms with Crippen LogP contribution in [0.1, 0.15) is 0 Å². The van der Waals surface area contributed by atoms with Crippen LogP contribution in [0.5, 0.6) is 17.2 Å². The molecule has 1 saturated heterocycles. The Morgan fingerprint density at radius 3 is 2.68 bits per heavy atom. The molecule has 0 aromatic heterocycles. The topological polar surface area (TPSA) is 89.6 Å². The van der Waals surface area contributed by atoms with Gasteiger partial charge in [-0.05, 0) is 24.3 Å². The monoisotopic (exact) mass is 425 g/mol. The molecule has 2 amide bonds. The number of anilines is 2. The van der Waals surface area contributed by atoms with Crippen molar-refractivity contribution in [2.45, 2.75) is 6.10 Å². The molecular formula is C22H23N3O6. The van der Waals surface area contributed by atoms with E-state index in [1.165, 1.54) is 0 Å². The molecule has 1 atom stereocenters. The maximum atomic E-state index is 13.0. The number of ether oxygens (including phenoxy) is 4. The van der Waals surface area contributed by atoms with Crippen molar-refractivity contribution < 1.29 is 28.5 Å². The van der Waals surface area contributed by atoms with Crippen LogP contribution in [0.25, 0.3) is 0 Å². The Balaban J connectivity index is 1.30. The standard InChI is InChI=1S/C22H23N3O6/c26-21(23-15-5-6-18-19(11-15)30-14-29-18)13-25-12-20(22(27)24-7-9-28-10-8-24)31-17-4-2-1-3-16(17)25/h1-6,11,20H,7-10,12-14H2,(H,23,26). The van der Waals surface area contributed by atoms with E-state index in [9.17, 15) is 9.59 Å². The summed E-state index contributed by atoms with van der Waals surface area (Å²) < 4.78 is 22.0.